The largest absolute Gasteiger partial charge is 0.481 e. The van der Waals surface area contributed by atoms with Crippen molar-refractivity contribution in [2.24, 2.45) is 5.92 Å². The van der Waals surface area contributed by atoms with Gasteiger partial charge in [-0.2, -0.15) is 0 Å². The number of amides is 1. The van der Waals surface area contributed by atoms with E-state index in [4.69, 9.17) is 5.11 Å². The van der Waals surface area contributed by atoms with Crippen LogP contribution >= 0.6 is 0 Å². The third kappa shape index (κ3) is 4.95. The van der Waals surface area contributed by atoms with E-state index in [9.17, 15) is 24.5 Å². The lowest BCUT2D eigenvalue weighted by Gasteiger charge is -2.14. The maximum absolute atomic E-state index is 13.0. The first-order valence-corrected chi connectivity index (χ1v) is 8.74. The van der Waals surface area contributed by atoms with Crippen molar-refractivity contribution in [2.75, 3.05) is 25.5 Å². The SMILES string of the molecule is CC(CNC(=O)c1ccccc1C(=O)c1ccc(N(C)C)c([N+](=O)[O-])c1)C(=O)O. The highest BCUT2D eigenvalue weighted by Crippen LogP contribution is 2.29. The van der Waals surface area contributed by atoms with Crippen LogP contribution in [0.25, 0.3) is 0 Å². The Morgan fingerprint density at radius 3 is 2.31 bits per heavy atom. The van der Waals surface area contributed by atoms with Crippen LogP contribution in [-0.2, 0) is 4.79 Å². The Labute approximate surface area is 167 Å². The number of nitrogens with zero attached hydrogens (tertiary/aromatic N) is 2. The van der Waals surface area contributed by atoms with Crippen LogP contribution in [0.15, 0.2) is 42.5 Å². The zero-order valence-electron chi connectivity index (χ0n) is 16.2. The zero-order valence-corrected chi connectivity index (χ0v) is 16.2. The molecular weight excluding hydrogens is 378 g/mol. The van der Waals surface area contributed by atoms with Gasteiger partial charge in [0.25, 0.3) is 11.6 Å². The van der Waals surface area contributed by atoms with Gasteiger partial charge in [-0.1, -0.05) is 25.1 Å². The molecule has 2 aromatic rings. The molecule has 2 N–H and O–H groups in total. The van der Waals surface area contributed by atoms with Gasteiger partial charge < -0.3 is 15.3 Å². The lowest BCUT2D eigenvalue weighted by Crippen LogP contribution is -2.32. The fourth-order valence-electron chi connectivity index (χ4n) is 2.65. The average Bonchev–Trinajstić information content (AvgIpc) is 2.70. The van der Waals surface area contributed by atoms with Crippen molar-refractivity contribution in [1.29, 1.82) is 0 Å². The number of ketones is 1. The van der Waals surface area contributed by atoms with E-state index < -0.39 is 28.5 Å². The number of benzene rings is 2. The fraction of sp³-hybridized carbons (Fsp3) is 0.250. The molecule has 29 heavy (non-hydrogen) atoms. The summed E-state index contributed by atoms with van der Waals surface area (Å²) in [4.78, 5) is 48.7. The van der Waals surface area contributed by atoms with Crippen molar-refractivity contribution in [3.63, 3.8) is 0 Å². The summed E-state index contributed by atoms with van der Waals surface area (Å²) in [5.41, 5.74) is 0.328. The van der Waals surface area contributed by atoms with E-state index >= 15 is 0 Å². The molecule has 0 aliphatic carbocycles. The summed E-state index contributed by atoms with van der Waals surface area (Å²) < 4.78 is 0. The van der Waals surface area contributed by atoms with E-state index in [1.54, 1.807) is 31.1 Å². The molecule has 1 atom stereocenters. The number of nitrogens with one attached hydrogen (secondary N) is 1. The van der Waals surface area contributed by atoms with Gasteiger partial charge in [-0.3, -0.25) is 24.5 Å². The molecule has 152 valence electrons. The van der Waals surface area contributed by atoms with E-state index in [1.807, 2.05) is 0 Å². The zero-order chi connectivity index (χ0) is 21.7. The molecule has 0 aliphatic rings. The quantitative estimate of drug-likeness (QED) is 0.396. The molecule has 0 aliphatic heterocycles. The van der Waals surface area contributed by atoms with Crippen LogP contribution in [0.1, 0.15) is 33.2 Å². The van der Waals surface area contributed by atoms with Crippen molar-refractivity contribution in [1.82, 2.24) is 5.32 Å². The minimum absolute atomic E-state index is 0.0643. The number of carboxylic acid groups (broad SMARTS) is 1. The van der Waals surface area contributed by atoms with Gasteiger partial charge in [-0.25, -0.2) is 0 Å². The first-order valence-electron chi connectivity index (χ1n) is 8.74. The molecule has 2 rings (SSSR count). The number of hydrogen-bond acceptors (Lipinski definition) is 6. The Morgan fingerprint density at radius 2 is 1.76 bits per heavy atom. The number of aliphatic carboxylic acids is 1. The molecular formula is C20H21N3O6. The highest BCUT2D eigenvalue weighted by atomic mass is 16.6. The summed E-state index contributed by atoms with van der Waals surface area (Å²) in [6.45, 7) is 1.35. The second kappa shape index (κ2) is 8.96. The minimum Gasteiger partial charge on any atom is -0.481 e. The monoisotopic (exact) mass is 399 g/mol. The summed E-state index contributed by atoms with van der Waals surface area (Å²) in [5.74, 6) is -2.98. The van der Waals surface area contributed by atoms with Crippen LogP contribution in [0.2, 0.25) is 0 Å². The number of carbonyl (C=O) groups is 3. The second-order valence-corrected chi connectivity index (χ2v) is 6.68. The molecule has 0 radical (unpaired) electrons. The van der Waals surface area contributed by atoms with Crippen LogP contribution in [-0.4, -0.2) is 48.3 Å². The minimum atomic E-state index is -1.05. The van der Waals surface area contributed by atoms with E-state index in [2.05, 4.69) is 5.32 Å². The maximum Gasteiger partial charge on any atom is 0.308 e. The van der Waals surface area contributed by atoms with Crippen molar-refractivity contribution >= 4 is 29.0 Å². The third-order valence-electron chi connectivity index (χ3n) is 4.32. The van der Waals surface area contributed by atoms with Crippen LogP contribution in [0, 0.1) is 16.0 Å². The molecule has 0 saturated carbocycles. The first kappa shape index (κ1) is 21.5. The van der Waals surface area contributed by atoms with Gasteiger partial charge in [-0.05, 0) is 18.2 Å². The standard InChI is InChI=1S/C20H21N3O6/c1-12(20(26)27)11-21-19(25)15-7-5-4-6-14(15)18(24)13-8-9-16(22(2)3)17(10-13)23(28)29/h4-10,12H,11H2,1-3H3,(H,21,25)(H,26,27). The molecule has 0 saturated heterocycles. The Morgan fingerprint density at radius 1 is 1.14 bits per heavy atom. The number of carbonyl (C=O) groups excluding carboxylic acids is 2. The summed E-state index contributed by atoms with van der Waals surface area (Å²) in [5, 5.41) is 22.8. The number of nitro groups is 1. The van der Waals surface area contributed by atoms with Crippen molar-refractivity contribution < 1.29 is 24.4 Å². The normalized spacial score (nSPS) is 11.4. The van der Waals surface area contributed by atoms with Crippen molar-refractivity contribution in [2.45, 2.75) is 6.92 Å². The van der Waals surface area contributed by atoms with Crippen LogP contribution in [0.3, 0.4) is 0 Å². The summed E-state index contributed by atoms with van der Waals surface area (Å²) >= 11 is 0. The summed E-state index contributed by atoms with van der Waals surface area (Å²) in [7, 11) is 3.31. The highest BCUT2D eigenvalue weighted by molar-refractivity contribution is 6.15. The predicted octanol–water partition coefficient (Wildman–Crippen LogP) is 2.34. The number of carboxylic acids is 1. The van der Waals surface area contributed by atoms with E-state index in [0.29, 0.717) is 5.69 Å². The second-order valence-electron chi connectivity index (χ2n) is 6.68. The van der Waals surface area contributed by atoms with Gasteiger partial charge in [0.05, 0.1) is 16.4 Å². The molecule has 0 heterocycles. The molecule has 0 aromatic heterocycles. The number of nitro benzene ring substituents is 1. The smallest absolute Gasteiger partial charge is 0.308 e. The Hall–Kier alpha value is -3.75. The van der Waals surface area contributed by atoms with Gasteiger partial charge in [0.2, 0.25) is 0 Å². The number of rotatable bonds is 8. The lowest BCUT2D eigenvalue weighted by atomic mass is 9.97. The molecule has 1 amide bonds. The van der Waals surface area contributed by atoms with Gasteiger partial charge in [0.1, 0.15) is 5.69 Å². The number of hydrogen-bond donors (Lipinski definition) is 2. The van der Waals surface area contributed by atoms with Gasteiger partial charge in [0, 0.05) is 37.8 Å². The maximum atomic E-state index is 13.0. The molecule has 0 spiro atoms. The van der Waals surface area contributed by atoms with Crippen LogP contribution in [0.4, 0.5) is 11.4 Å². The molecule has 9 heteroatoms. The Balaban J connectivity index is 2.37. The van der Waals surface area contributed by atoms with E-state index in [-0.39, 0.29) is 28.9 Å². The third-order valence-corrected chi connectivity index (χ3v) is 4.32. The molecule has 9 nitrogen and oxygen atoms in total. The van der Waals surface area contributed by atoms with Gasteiger partial charge in [0.15, 0.2) is 5.78 Å². The average molecular weight is 399 g/mol. The van der Waals surface area contributed by atoms with Gasteiger partial charge >= 0.3 is 5.97 Å². The fourth-order valence-corrected chi connectivity index (χ4v) is 2.65. The number of anilines is 1. The predicted molar refractivity (Wildman–Crippen MR) is 106 cm³/mol. The summed E-state index contributed by atoms with van der Waals surface area (Å²) in [6, 6.07) is 10.2. The van der Waals surface area contributed by atoms with Gasteiger partial charge in [-0.15, -0.1) is 0 Å². The van der Waals surface area contributed by atoms with E-state index in [1.165, 1.54) is 37.3 Å². The first-order chi connectivity index (χ1) is 13.6. The van der Waals surface area contributed by atoms with Crippen LogP contribution in [0.5, 0.6) is 0 Å². The Bertz CT molecular complexity index is 970. The highest BCUT2D eigenvalue weighted by Gasteiger charge is 2.23. The van der Waals surface area contributed by atoms with Crippen molar-refractivity contribution in [3.8, 4) is 0 Å². The van der Waals surface area contributed by atoms with Crippen molar-refractivity contribution in [3.05, 3.63) is 69.3 Å². The lowest BCUT2D eigenvalue weighted by molar-refractivity contribution is -0.384. The molecule has 2 aromatic carbocycles. The summed E-state index contributed by atoms with van der Waals surface area (Å²) in [6.07, 6.45) is 0. The Kier molecular flexibility index (Phi) is 6.66. The van der Waals surface area contributed by atoms with E-state index in [0.717, 1.165) is 0 Å². The van der Waals surface area contributed by atoms with Crippen LogP contribution < -0.4 is 10.2 Å². The molecule has 0 fully saturated rings. The topological polar surface area (TPSA) is 130 Å². The molecule has 0 bridgehead atoms. The molecule has 1 unspecified atom stereocenters.